The van der Waals surface area contributed by atoms with Crippen LogP contribution in [-0.2, 0) is 0 Å². The highest BCUT2D eigenvalue weighted by Crippen LogP contribution is 2.26. The first-order chi connectivity index (χ1) is 10.0. The maximum Gasteiger partial charge on any atom is 0.270 e. The number of rotatable bonds is 4. The predicted octanol–water partition coefficient (Wildman–Crippen LogP) is 3.92. The second-order valence-electron chi connectivity index (χ2n) is 4.54. The van der Waals surface area contributed by atoms with Gasteiger partial charge in [-0.15, -0.1) is 0 Å². The first-order valence-electron chi connectivity index (χ1n) is 6.41. The van der Waals surface area contributed by atoms with E-state index in [1.54, 1.807) is 43.6 Å². The molecule has 1 unspecified atom stereocenters. The van der Waals surface area contributed by atoms with Crippen LogP contribution in [0, 0.1) is 0 Å². The van der Waals surface area contributed by atoms with Crippen molar-refractivity contribution in [2.45, 2.75) is 13.0 Å². The lowest BCUT2D eigenvalue weighted by Gasteiger charge is -2.16. The van der Waals surface area contributed by atoms with E-state index in [0.29, 0.717) is 15.7 Å². The molecule has 0 saturated carbocycles. The summed E-state index contributed by atoms with van der Waals surface area (Å²) >= 11 is 12.0. The summed E-state index contributed by atoms with van der Waals surface area (Å²) in [5, 5.41) is 6.92. The number of carbonyl (C=O) groups is 1. The van der Waals surface area contributed by atoms with Gasteiger partial charge in [0.1, 0.15) is 5.69 Å². The molecule has 1 amide bonds. The Kier molecular flexibility index (Phi) is 5.04. The van der Waals surface area contributed by atoms with Crippen molar-refractivity contribution in [3.05, 3.63) is 57.8 Å². The number of hydrogen-bond acceptors (Lipinski definition) is 3. The molecule has 1 heterocycles. The third-order valence-electron chi connectivity index (χ3n) is 3.06. The molecule has 0 fully saturated rings. The van der Waals surface area contributed by atoms with E-state index >= 15 is 0 Å². The van der Waals surface area contributed by atoms with Gasteiger partial charge in [0.25, 0.3) is 5.91 Å². The van der Waals surface area contributed by atoms with Crippen molar-refractivity contribution in [3.63, 3.8) is 0 Å². The Morgan fingerprint density at radius 3 is 2.67 bits per heavy atom. The highest BCUT2D eigenvalue weighted by molar-refractivity contribution is 6.35. The molecule has 1 aromatic heterocycles. The molecule has 2 N–H and O–H groups in total. The molecule has 1 aromatic carbocycles. The second kappa shape index (κ2) is 6.78. The Hall–Kier alpha value is -1.78. The van der Waals surface area contributed by atoms with Gasteiger partial charge in [-0.05, 0) is 36.8 Å². The molecule has 0 bridgehead atoms. The standard InChI is InChI=1S/C15H15Cl2N3O/c1-9(12-4-3-10(16)7-13(12)17)20-15(21)14-8-11(18-2)5-6-19-14/h3-9H,1-2H3,(H,18,19)(H,20,21). The number of pyridine rings is 1. The average molecular weight is 324 g/mol. The lowest BCUT2D eigenvalue weighted by atomic mass is 10.1. The third kappa shape index (κ3) is 3.86. The minimum absolute atomic E-state index is 0.248. The van der Waals surface area contributed by atoms with E-state index in [4.69, 9.17) is 23.2 Å². The quantitative estimate of drug-likeness (QED) is 0.896. The maximum absolute atomic E-state index is 12.2. The summed E-state index contributed by atoms with van der Waals surface area (Å²) < 4.78 is 0. The number of aromatic nitrogens is 1. The van der Waals surface area contributed by atoms with E-state index in [-0.39, 0.29) is 11.9 Å². The number of benzene rings is 1. The summed E-state index contributed by atoms with van der Waals surface area (Å²) in [7, 11) is 1.78. The van der Waals surface area contributed by atoms with Crippen LogP contribution in [-0.4, -0.2) is 17.9 Å². The van der Waals surface area contributed by atoms with E-state index in [9.17, 15) is 4.79 Å². The molecule has 0 aliphatic heterocycles. The van der Waals surface area contributed by atoms with E-state index in [0.717, 1.165) is 11.3 Å². The maximum atomic E-state index is 12.2. The monoisotopic (exact) mass is 323 g/mol. The minimum Gasteiger partial charge on any atom is -0.388 e. The molecule has 4 nitrogen and oxygen atoms in total. The van der Waals surface area contributed by atoms with Crippen LogP contribution in [0.1, 0.15) is 29.0 Å². The number of anilines is 1. The summed E-state index contributed by atoms with van der Waals surface area (Å²) in [6, 6.07) is 8.42. The van der Waals surface area contributed by atoms with Crippen LogP contribution in [0.4, 0.5) is 5.69 Å². The second-order valence-corrected chi connectivity index (χ2v) is 5.38. The molecule has 2 rings (SSSR count). The fourth-order valence-corrected chi connectivity index (χ4v) is 2.48. The summed E-state index contributed by atoms with van der Waals surface area (Å²) in [5.41, 5.74) is 1.98. The SMILES string of the molecule is CNc1ccnc(C(=O)NC(C)c2ccc(Cl)cc2Cl)c1. The van der Waals surface area contributed by atoms with Crippen LogP contribution in [0.3, 0.4) is 0 Å². The van der Waals surface area contributed by atoms with Gasteiger partial charge in [0.2, 0.25) is 0 Å². The molecule has 1 atom stereocenters. The zero-order chi connectivity index (χ0) is 15.4. The van der Waals surface area contributed by atoms with Gasteiger partial charge in [-0.3, -0.25) is 9.78 Å². The molecule has 110 valence electrons. The van der Waals surface area contributed by atoms with Crippen LogP contribution in [0.2, 0.25) is 10.0 Å². The fourth-order valence-electron chi connectivity index (χ4n) is 1.91. The van der Waals surface area contributed by atoms with E-state index in [1.165, 1.54) is 0 Å². The largest absolute Gasteiger partial charge is 0.388 e. The van der Waals surface area contributed by atoms with Gasteiger partial charge in [0, 0.05) is 29.0 Å². The molecule has 0 radical (unpaired) electrons. The predicted molar refractivity (Wildman–Crippen MR) is 86.1 cm³/mol. The van der Waals surface area contributed by atoms with Crippen molar-refractivity contribution >= 4 is 34.8 Å². The number of carbonyl (C=O) groups excluding carboxylic acids is 1. The van der Waals surface area contributed by atoms with E-state index in [2.05, 4.69) is 15.6 Å². The van der Waals surface area contributed by atoms with Crippen LogP contribution in [0.15, 0.2) is 36.5 Å². The highest BCUT2D eigenvalue weighted by Gasteiger charge is 2.15. The normalized spacial score (nSPS) is 11.8. The van der Waals surface area contributed by atoms with Crippen molar-refractivity contribution in [1.82, 2.24) is 10.3 Å². The van der Waals surface area contributed by atoms with Gasteiger partial charge in [-0.2, -0.15) is 0 Å². The smallest absolute Gasteiger partial charge is 0.270 e. The summed E-state index contributed by atoms with van der Waals surface area (Å²) in [6.45, 7) is 1.86. The van der Waals surface area contributed by atoms with Gasteiger partial charge in [0.05, 0.1) is 6.04 Å². The van der Waals surface area contributed by atoms with Crippen LogP contribution in [0.5, 0.6) is 0 Å². The zero-order valence-electron chi connectivity index (χ0n) is 11.7. The number of nitrogens with zero attached hydrogens (tertiary/aromatic N) is 1. The average Bonchev–Trinajstić information content (AvgIpc) is 2.47. The van der Waals surface area contributed by atoms with Crippen LogP contribution >= 0.6 is 23.2 Å². The van der Waals surface area contributed by atoms with E-state index in [1.807, 2.05) is 6.92 Å². The van der Waals surface area contributed by atoms with E-state index < -0.39 is 0 Å². The third-order valence-corrected chi connectivity index (χ3v) is 3.62. The van der Waals surface area contributed by atoms with Gasteiger partial charge in [-0.1, -0.05) is 29.3 Å². The number of hydrogen-bond donors (Lipinski definition) is 2. The number of nitrogens with one attached hydrogen (secondary N) is 2. The molecule has 2 aromatic rings. The van der Waals surface area contributed by atoms with Crippen molar-refractivity contribution in [1.29, 1.82) is 0 Å². The van der Waals surface area contributed by atoms with Gasteiger partial charge < -0.3 is 10.6 Å². The van der Waals surface area contributed by atoms with Crippen LogP contribution in [0.25, 0.3) is 0 Å². The highest BCUT2D eigenvalue weighted by atomic mass is 35.5. The molecule has 21 heavy (non-hydrogen) atoms. The Morgan fingerprint density at radius 1 is 1.24 bits per heavy atom. The van der Waals surface area contributed by atoms with Gasteiger partial charge >= 0.3 is 0 Å². The van der Waals surface area contributed by atoms with Crippen LogP contribution < -0.4 is 10.6 Å². The summed E-state index contributed by atoms with van der Waals surface area (Å²) in [4.78, 5) is 16.3. The lowest BCUT2D eigenvalue weighted by Crippen LogP contribution is -2.27. The van der Waals surface area contributed by atoms with Gasteiger partial charge in [0.15, 0.2) is 0 Å². The summed E-state index contributed by atoms with van der Waals surface area (Å²) in [6.07, 6.45) is 1.58. The number of halogens is 2. The molecule has 0 spiro atoms. The van der Waals surface area contributed by atoms with Crippen molar-refractivity contribution in [3.8, 4) is 0 Å². The zero-order valence-corrected chi connectivity index (χ0v) is 13.2. The molecular weight excluding hydrogens is 309 g/mol. The first kappa shape index (κ1) is 15.6. The van der Waals surface area contributed by atoms with Crippen molar-refractivity contribution < 1.29 is 4.79 Å². The van der Waals surface area contributed by atoms with Crippen molar-refractivity contribution in [2.75, 3.05) is 12.4 Å². The molecule has 0 aliphatic rings. The summed E-state index contributed by atoms with van der Waals surface area (Å²) in [5.74, 6) is -0.259. The Morgan fingerprint density at radius 2 is 2.00 bits per heavy atom. The molecule has 0 saturated heterocycles. The first-order valence-corrected chi connectivity index (χ1v) is 7.16. The number of amides is 1. The Balaban J connectivity index is 2.14. The fraction of sp³-hybridized carbons (Fsp3) is 0.200. The topological polar surface area (TPSA) is 54.0 Å². The lowest BCUT2D eigenvalue weighted by molar-refractivity contribution is 0.0935. The van der Waals surface area contributed by atoms with Gasteiger partial charge in [-0.25, -0.2) is 0 Å². The molecular formula is C15H15Cl2N3O. The minimum atomic E-state index is -0.259. The van der Waals surface area contributed by atoms with Crippen molar-refractivity contribution in [2.24, 2.45) is 0 Å². The Bertz CT molecular complexity index is 661. The molecule has 0 aliphatic carbocycles. The Labute approximate surface area is 133 Å². The molecule has 6 heteroatoms.